The lowest BCUT2D eigenvalue weighted by atomic mass is 9.80. The van der Waals surface area contributed by atoms with Crippen molar-refractivity contribution < 1.29 is 5.11 Å². The Kier molecular flexibility index (Phi) is 2.96. The molecule has 1 saturated carbocycles. The van der Waals surface area contributed by atoms with Crippen LogP contribution in [0.5, 0.6) is 0 Å². The molecule has 0 spiro atoms. The van der Waals surface area contributed by atoms with Gasteiger partial charge in [-0.3, -0.25) is 4.98 Å². The van der Waals surface area contributed by atoms with E-state index in [0.29, 0.717) is 5.69 Å². The number of aliphatic hydroxyl groups excluding tert-OH is 1. The van der Waals surface area contributed by atoms with Gasteiger partial charge in [-0.05, 0) is 25.0 Å². The SMILES string of the molecule is N#CC1(C(O)c2ccc3ccccc3n2)CCCC1. The summed E-state index contributed by atoms with van der Waals surface area (Å²) in [6, 6.07) is 14.0. The molecule has 0 amide bonds. The van der Waals surface area contributed by atoms with Crippen LogP contribution in [0.4, 0.5) is 0 Å². The average molecular weight is 252 g/mol. The molecular weight excluding hydrogens is 236 g/mol. The van der Waals surface area contributed by atoms with E-state index >= 15 is 0 Å². The van der Waals surface area contributed by atoms with Crippen molar-refractivity contribution in [1.82, 2.24) is 4.98 Å². The van der Waals surface area contributed by atoms with E-state index in [0.717, 1.165) is 36.6 Å². The van der Waals surface area contributed by atoms with Gasteiger partial charge in [0, 0.05) is 5.39 Å². The summed E-state index contributed by atoms with van der Waals surface area (Å²) in [7, 11) is 0. The van der Waals surface area contributed by atoms with Crippen LogP contribution in [-0.4, -0.2) is 10.1 Å². The van der Waals surface area contributed by atoms with Gasteiger partial charge in [0.1, 0.15) is 6.10 Å². The fourth-order valence-electron chi connectivity index (χ4n) is 2.97. The lowest BCUT2D eigenvalue weighted by Gasteiger charge is -2.26. The van der Waals surface area contributed by atoms with Gasteiger partial charge in [-0.15, -0.1) is 0 Å². The molecule has 3 nitrogen and oxygen atoms in total. The third kappa shape index (κ3) is 1.98. The van der Waals surface area contributed by atoms with Crippen molar-refractivity contribution in [2.24, 2.45) is 5.41 Å². The minimum atomic E-state index is -0.787. The Morgan fingerprint density at radius 3 is 2.63 bits per heavy atom. The van der Waals surface area contributed by atoms with Crippen LogP contribution in [0.2, 0.25) is 0 Å². The number of benzene rings is 1. The van der Waals surface area contributed by atoms with Crippen LogP contribution in [0.15, 0.2) is 36.4 Å². The summed E-state index contributed by atoms with van der Waals surface area (Å²) in [5, 5.41) is 21.0. The zero-order chi connectivity index (χ0) is 13.3. The molecule has 1 aromatic carbocycles. The molecule has 1 fully saturated rings. The summed E-state index contributed by atoms with van der Waals surface area (Å²) in [5.41, 5.74) is 0.836. The number of pyridine rings is 1. The van der Waals surface area contributed by atoms with E-state index in [4.69, 9.17) is 0 Å². The summed E-state index contributed by atoms with van der Waals surface area (Å²) >= 11 is 0. The molecule has 1 atom stereocenters. The van der Waals surface area contributed by atoms with Gasteiger partial charge in [0.15, 0.2) is 0 Å². The van der Waals surface area contributed by atoms with Gasteiger partial charge >= 0.3 is 0 Å². The third-order valence-electron chi connectivity index (χ3n) is 4.14. The predicted octanol–water partition coefficient (Wildman–Crippen LogP) is 3.35. The zero-order valence-electron chi connectivity index (χ0n) is 10.7. The molecule has 0 saturated heterocycles. The maximum Gasteiger partial charge on any atom is 0.115 e. The van der Waals surface area contributed by atoms with Gasteiger partial charge in [0.05, 0.1) is 22.7 Å². The lowest BCUT2D eigenvalue weighted by Crippen LogP contribution is -2.24. The largest absolute Gasteiger partial charge is 0.385 e. The summed E-state index contributed by atoms with van der Waals surface area (Å²) in [6.07, 6.45) is 2.76. The second kappa shape index (κ2) is 4.64. The van der Waals surface area contributed by atoms with Crippen LogP contribution in [0.1, 0.15) is 37.5 Å². The third-order valence-corrected chi connectivity index (χ3v) is 4.14. The fraction of sp³-hybridized carbons (Fsp3) is 0.375. The highest BCUT2D eigenvalue weighted by molar-refractivity contribution is 5.78. The normalized spacial score (nSPS) is 19.2. The quantitative estimate of drug-likeness (QED) is 0.891. The first-order valence-corrected chi connectivity index (χ1v) is 6.70. The van der Waals surface area contributed by atoms with Crippen molar-refractivity contribution in [1.29, 1.82) is 5.26 Å². The molecule has 1 aliphatic carbocycles. The predicted molar refractivity (Wildman–Crippen MR) is 73.2 cm³/mol. The first-order chi connectivity index (χ1) is 9.25. The molecule has 3 heteroatoms. The molecule has 1 heterocycles. The molecule has 96 valence electrons. The maximum absolute atomic E-state index is 10.5. The van der Waals surface area contributed by atoms with Crippen LogP contribution >= 0.6 is 0 Å². The Bertz CT molecular complexity index is 638. The molecule has 1 unspecified atom stereocenters. The van der Waals surface area contributed by atoms with Crippen LogP contribution in [0.3, 0.4) is 0 Å². The topological polar surface area (TPSA) is 56.9 Å². The minimum Gasteiger partial charge on any atom is -0.385 e. The van der Waals surface area contributed by atoms with E-state index in [-0.39, 0.29) is 0 Å². The van der Waals surface area contributed by atoms with E-state index in [2.05, 4.69) is 11.1 Å². The van der Waals surface area contributed by atoms with Gasteiger partial charge in [-0.2, -0.15) is 5.26 Å². The van der Waals surface area contributed by atoms with Crippen molar-refractivity contribution in [2.45, 2.75) is 31.8 Å². The number of hydrogen-bond acceptors (Lipinski definition) is 3. The fourth-order valence-corrected chi connectivity index (χ4v) is 2.97. The van der Waals surface area contributed by atoms with E-state index in [1.165, 1.54) is 0 Å². The summed E-state index contributed by atoms with van der Waals surface area (Å²) in [6.45, 7) is 0. The van der Waals surface area contributed by atoms with E-state index < -0.39 is 11.5 Å². The number of aliphatic hydroxyl groups is 1. The van der Waals surface area contributed by atoms with E-state index in [1.807, 2.05) is 36.4 Å². The number of nitriles is 1. The van der Waals surface area contributed by atoms with Gasteiger partial charge in [0.2, 0.25) is 0 Å². The Morgan fingerprint density at radius 2 is 1.89 bits per heavy atom. The highest BCUT2D eigenvalue weighted by Gasteiger charge is 2.42. The minimum absolute atomic E-state index is 0.613. The van der Waals surface area contributed by atoms with Crippen molar-refractivity contribution in [3.05, 3.63) is 42.1 Å². The summed E-state index contributed by atoms with van der Waals surface area (Å²) in [4.78, 5) is 4.51. The van der Waals surface area contributed by atoms with E-state index in [9.17, 15) is 10.4 Å². The Balaban J connectivity index is 2.02. The maximum atomic E-state index is 10.5. The molecule has 0 aliphatic heterocycles. The second-order valence-electron chi connectivity index (χ2n) is 5.31. The van der Waals surface area contributed by atoms with Crippen molar-refractivity contribution >= 4 is 10.9 Å². The van der Waals surface area contributed by atoms with Gasteiger partial charge in [-0.25, -0.2) is 0 Å². The standard InChI is InChI=1S/C16H16N2O/c17-11-16(9-3-4-10-16)15(19)14-8-7-12-5-1-2-6-13(12)18-14/h1-2,5-8,15,19H,3-4,9-10H2. The number of nitrogens with zero attached hydrogens (tertiary/aromatic N) is 2. The Labute approximate surface area is 112 Å². The zero-order valence-corrected chi connectivity index (χ0v) is 10.7. The lowest BCUT2D eigenvalue weighted by molar-refractivity contribution is 0.0636. The van der Waals surface area contributed by atoms with Crippen molar-refractivity contribution in [2.75, 3.05) is 0 Å². The molecule has 0 radical (unpaired) electrons. The van der Waals surface area contributed by atoms with Crippen molar-refractivity contribution in [3.8, 4) is 6.07 Å². The number of para-hydroxylation sites is 1. The van der Waals surface area contributed by atoms with Crippen molar-refractivity contribution in [3.63, 3.8) is 0 Å². The second-order valence-corrected chi connectivity index (χ2v) is 5.31. The van der Waals surface area contributed by atoms with Gasteiger partial charge in [0.25, 0.3) is 0 Å². The molecule has 3 rings (SSSR count). The molecule has 1 N–H and O–H groups in total. The molecular formula is C16H16N2O. The number of hydrogen-bond donors (Lipinski definition) is 1. The first-order valence-electron chi connectivity index (χ1n) is 6.70. The molecule has 1 aromatic heterocycles. The summed E-state index contributed by atoms with van der Waals surface area (Å²) in [5.74, 6) is 0. The van der Waals surface area contributed by atoms with E-state index in [1.54, 1.807) is 0 Å². The Hall–Kier alpha value is -1.92. The van der Waals surface area contributed by atoms with Gasteiger partial charge in [-0.1, -0.05) is 37.1 Å². The van der Waals surface area contributed by atoms with Gasteiger partial charge < -0.3 is 5.11 Å². The average Bonchev–Trinajstić information content (AvgIpc) is 2.96. The van der Waals surface area contributed by atoms with Crippen LogP contribution < -0.4 is 0 Å². The molecule has 1 aliphatic rings. The Morgan fingerprint density at radius 1 is 1.16 bits per heavy atom. The number of aromatic nitrogens is 1. The van der Waals surface area contributed by atoms with Crippen LogP contribution in [0.25, 0.3) is 10.9 Å². The highest BCUT2D eigenvalue weighted by atomic mass is 16.3. The monoisotopic (exact) mass is 252 g/mol. The highest BCUT2D eigenvalue weighted by Crippen LogP contribution is 2.46. The van der Waals surface area contributed by atoms with Crippen LogP contribution in [0, 0.1) is 16.7 Å². The van der Waals surface area contributed by atoms with Crippen LogP contribution in [-0.2, 0) is 0 Å². The molecule has 19 heavy (non-hydrogen) atoms. The molecule has 0 bridgehead atoms. The number of fused-ring (bicyclic) bond motifs is 1. The summed E-state index contributed by atoms with van der Waals surface area (Å²) < 4.78 is 0. The molecule has 2 aromatic rings. The first kappa shape index (κ1) is 12.1. The number of rotatable bonds is 2. The smallest absolute Gasteiger partial charge is 0.115 e.